The fourth-order valence-corrected chi connectivity index (χ4v) is 2.52. The number of carboxylic acid groups (broad SMARTS) is 1. The zero-order valence-corrected chi connectivity index (χ0v) is 12.8. The highest BCUT2D eigenvalue weighted by atomic mass is 16.6. The van der Waals surface area contributed by atoms with Gasteiger partial charge in [0, 0.05) is 19.5 Å². The Morgan fingerprint density at radius 3 is 2.55 bits per heavy atom. The molecule has 1 aliphatic heterocycles. The van der Waals surface area contributed by atoms with Gasteiger partial charge in [0.25, 0.3) is 0 Å². The van der Waals surface area contributed by atoms with Crippen LogP contribution in [0.2, 0.25) is 0 Å². The fraction of sp³-hybridized carbons (Fsp3) is 0.857. The van der Waals surface area contributed by atoms with Crippen LogP contribution in [-0.2, 0) is 9.53 Å². The third-order valence-corrected chi connectivity index (χ3v) is 3.44. The minimum atomic E-state index is -0.776. The normalized spacial score (nSPS) is 24.2. The Hall–Kier alpha value is -1.30. The van der Waals surface area contributed by atoms with Gasteiger partial charge in [-0.15, -0.1) is 0 Å². The van der Waals surface area contributed by atoms with Gasteiger partial charge in [0.2, 0.25) is 0 Å². The molecule has 1 rings (SSSR count). The summed E-state index contributed by atoms with van der Waals surface area (Å²) in [5.41, 5.74) is -0.520. The van der Waals surface area contributed by atoms with E-state index in [4.69, 9.17) is 9.84 Å². The molecule has 0 aromatic heterocycles. The smallest absolute Gasteiger partial charge is 0.407 e. The number of ether oxygens (including phenoxy) is 1. The Bertz CT molecular complexity index is 352. The maximum absolute atomic E-state index is 11.6. The van der Waals surface area contributed by atoms with Crippen molar-refractivity contribution >= 4 is 12.1 Å². The molecule has 0 aromatic carbocycles. The van der Waals surface area contributed by atoms with Crippen molar-refractivity contribution in [2.75, 3.05) is 26.7 Å². The van der Waals surface area contributed by atoms with E-state index in [0.29, 0.717) is 6.54 Å². The monoisotopic (exact) mass is 286 g/mol. The van der Waals surface area contributed by atoms with Gasteiger partial charge in [-0.2, -0.15) is 0 Å². The Balaban J connectivity index is 2.48. The number of nitrogens with one attached hydrogen (secondary N) is 1. The summed E-state index contributed by atoms with van der Waals surface area (Å²) in [6, 6.07) is 0. The van der Waals surface area contributed by atoms with Crippen molar-refractivity contribution < 1.29 is 19.4 Å². The van der Waals surface area contributed by atoms with E-state index < -0.39 is 17.7 Å². The molecule has 1 amide bonds. The van der Waals surface area contributed by atoms with Crippen molar-refractivity contribution in [1.82, 2.24) is 10.2 Å². The van der Waals surface area contributed by atoms with Crippen LogP contribution in [-0.4, -0.2) is 54.4 Å². The van der Waals surface area contributed by atoms with E-state index in [9.17, 15) is 9.59 Å². The van der Waals surface area contributed by atoms with Crippen LogP contribution in [0.15, 0.2) is 0 Å². The van der Waals surface area contributed by atoms with Gasteiger partial charge in [-0.1, -0.05) is 0 Å². The third-order valence-electron chi connectivity index (χ3n) is 3.44. The molecule has 0 aromatic rings. The molecule has 0 spiro atoms. The van der Waals surface area contributed by atoms with Gasteiger partial charge in [-0.3, -0.25) is 4.79 Å². The van der Waals surface area contributed by atoms with E-state index in [0.717, 1.165) is 19.5 Å². The zero-order chi connectivity index (χ0) is 15.3. The van der Waals surface area contributed by atoms with Crippen LogP contribution in [0, 0.1) is 11.8 Å². The summed E-state index contributed by atoms with van der Waals surface area (Å²) in [5, 5.41) is 11.7. The Morgan fingerprint density at radius 2 is 2.00 bits per heavy atom. The lowest BCUT2D eigenvalue weighted by Crippen LogP contribution is -2.45. The summed E-state index contributed by atoms with van der Waals surface area (Å²) in [6.07, 6.45) is 0.567. The molecular weight excluding hydrogens is 260 g/mol. The maximum atomic E-state index is 11.6. The number of carbonyl (C=O) groups is 2. The lowest BCUT2D eigenvalue weighted by Gasteiger charge is -2.36. The SMILES string of the molecule is CN1CC[C@H](CC(=O)O)[C@H](CNC(=O)OC(C)(C)C)C1. The fourth-order valence-electron chi connectivity index (χ4n) is 2.52. The first-order chi connectivity index (χ1) is 9.17. The van der Waals surface area contributed by atoms with Crippen LogP contribution in [0.3, 0.4) is 0 Å². The van der Waals surface area contributed by atoms with Gasteiger partial charge in [-0.05, 0) is 52.6 Å². The highest BCUT2D eigenvalue weighted by molar-refractivity contribution is 5.68. The number of likely N-dealkylation sites (tertiary alicyclic amines) is 1. The van der Waals surface area contributed by atoms with Gasteiger partial charge in [0.1, 0.15) is 5.60 Å². The van der Waals surface area contributed by atoms with Crippen LogP contribution in [0.25, 0.3) is 0 Å². The predicted octanol–water partition coefficient (Wildman–Crippen LogP) is 1.55. The van der Waals surface area contributed by atoms with Crippen molar-refractivity contribution in [2.24, 2.45) is 11.8 Å². The number of carboxylic acids is 1. The first kappa shape index (κ1) is 16.8. The van der Waals surface area contributed by atoms with Crippen LogP contribution in [0.5, 0.6) is 0 Å². The number of piperidine rings is 1. The lowest BCUT2D eigenvalue weighted by atomic mass is 9.83. The van der Waals surface area contributed by atoms with Gasteiger partial charge in [0.05, 0.1) is 0 Å². The highest BCUT2D eigenvalue weighted by Gasteiger charge is 2.30. The van der Waals surface area contributed by atoms with Crippen LogP contribution < -0.4 is 5.32 Å². The Morgan fingerprint density at radius 1 is 1.35 bits per heavy atom. The number of carbonyl (C=O) groups excluding carboxylic acids is 1. The van der Waals surface area contributed by atoms with Gasteiger partial charge in [0.15, 0.2) is 0 Å². The molecule has 20 heavy (non-hydrogen) atoms. The Labute approximate surface area is 120 Å². The zero-order valence-electron chi connectivity index (χ0n) is 12.8. The molecule has 1 aliphatic rings. The van der Waals surface area contributed by atoms with Crippen molar-refractivity contribution in [3.63, 3.8) is 0 Å². The second-order valence-electron chi connectivity index (χ2n) is 6.55. The summed E-state index contributed by atoms with van der Waals surface area (Å²) in [7, 11) is 2.01. The molecule has 6 nitrogen and oxygen atoms in total. The summed E-state index contributed by atoms with van der Waals surface area (Å²) in [4.78, 5) is 24.7. The quantitative estimate of drug-likeness (QED) is 0.820. The summed E-state index contributed by atoms with van der Waals surface area (Å²) in [5.74, 6) is -0.516. The molecule has 0 bridgehead atoms. The molecule has 6 heteroatoms. The van der Waals surface area contributed by atoms with E-state index >= 15 is 0 Å². The first-order valence-electron chi connectivity index (χ1n) is 7.04. The molecule has 116 valence electrons. The van der Waals surface area contributed by atoms with Crippen LogP contribution in [0.1, 0.15) is 33.6 Å². The van der Waals surface area contributed by atoms with E-state index in [1.54, 1.807) is 0 Å². The van der Waals surface area contributed by atoms with E-state index in [-0.39, 0.29) is 18.3 Å². The summed E-state index contributed by atoms with van der Waals surface area (Å²) in [6.45, 7) is 7.60. The van der Waals surface area contributed by atoms with Crippen LogP contribution in [0.4, 0.5) is 4.79 Å². The molecular formula is C14H26N2O4. The van der Waals surface area contributed by atoms with Gasteiger partial charge >= 0.3 is 12.1 Å². The number of hydrogen-bond donors (Lipinski definition) is 2. The molecule has 0 unspecified atom stereocenters. The van der Waals surface area contributed by atoms with E-state index in [1.165, 1.54) is 0 Å². The molecule has 0 saturated carbocycles. The molecule has 0 radical (unpaired) electrons. The number of hydrogen-bond acceptors (Lipinski definition) is 4. The summed E-state index contributed by atoms with van der Waals surface area (Å²) >= 11 is 0. The second kappa shape index (κ2) is 6.92. The van der Waals surface area contributed by atoms with Gasteiger partial charge in [-0.25, -0.2) is 4.79 Å². The average molecular weight is 286 g/mol. The third kappa shape index (κ3) is 6.23. The number of nitrogens with zero attached hydrogens (tertiary/aromatic N) is 1. The van der Waals surface area contributed by atoms with Crippen molar-refractivity contribution in [3.05, 3.63) is 0 Å². The predicted molar refractivity (Wildman–Crippen MR) is 75.6 cm³/mol. The largest absolute Gasteiger partial charge is 0.481 e. The van der Waals surface area contributed by atoms with E-state index in [2.05, 4.69) is 10.2 Å². The highest BCUT2D eigenvalue weighted by Crippen LogP contribution is 2.25. The maximum Gasteiger partial charge on any atom is 0.407 e. The lowest BCUT2D eigenvalue weighted by molar-refractivity contribution is -0.139. The van der Waals surface area contributed by atoms with Crippen LogP contribution >= 0.6 is 0 Å². The van der Waals surface area contributed by atoms with Gasteiger partial charge < -0.3 is 20.1 Å². The summed E-state index contributed by atoms with van der Waals surface area (Å²) < 4.78 is 5.19. The number of amides is 1. The molecule has 2 N–H and O–H groups in total. The number of alkyl carbamates (subject to hydrolysis) is 1. The van der Waals surface area contributed by atoms with Crippen molar-refractivity contribution in [3.8, 4) is 0 Å². The number of aliphatic carboxylic acids is 1. The first-order valence-corrected chi connectivity index (χ1v) is 7.04. The minimum Gasteiger partial charge on any atom is -0.481 e. The molecule has 1 fully saturated rings. The minimum absolute atomic E-state index is 0.110. The van der Waals surface area contributed by atoms with Crippen molar-refractivity contribution in [1.29, 1.82) is 0 Å². The molecule has 2 atom stereocenters. The van der Waals surface area contributed by atoms with Crippen molar-refractivity contribution in [2.45, 2.75) is 39.2 Å². The van der Waals surface area contributed by atoms with E-state index in [1.807, 2.05) is 27.8 Å². The number of rotatable bonds is 4. The molecule has 0 aliphatic carbocycles. The molecule has 1 heterocycles. The Kier molecular flexibility index (Phi) is 5.80. The topological polar surface area (TPSA) is 78.9 Å². The second-order valence-corrected chi connectivity index (χ2v) is 6.55. The molecule has 1 saturated heterocycles. The average Bonchev–Trinajstić information content (AvgIpc) is 2.26. The standard InChI is InChI=1S/C14H26N2O4/c1-14(2,3)20-13(19)15-8-11-9-16(4)6-5-10(11)7-12(17)18/h10-11H,5-9H2,1-4H3,(H,15,19)(H,17,18)/t10-,11-/m1/s1.